The van der Waals surface area contributed by atoms with Gasteiger partial charge in [-0.3, -0.25) is 14.8 Å². The van der Waals surface area contributed by atoms with Gasteiger partial charge in [-0.15, -0.1) is 0 Å². The highest BCUT2D eigenvalue weighted by Crippen LogP contribution is 2.34. The number of aromatic nitrogens is 2. The van der Waals surface area contributed by atoms with Crippen molar-refractivity contribution < 1.29 is 23.2 Å². The van der Waals surface area contributed by atoms with Gasteiger partial charge in [0.2, 0.25) is 15.9 Å². The molecule has 0 radical (unpaired) electrons. The highest BCUT2D eigenvalue weighted by Gasteiger charge is 2.35. The average Bonchev–Trinajstić information content (AvgIpc) is 3.36. The molecule has 42 heavy (non-hydrogen) atoms. The van der Waals surface area contributed by atoms with Gasteiger partial charge in [0.15, 0.2) is 0 Å². The third kappa shape index (κ3) is 7.11. The summed E-state index contributed by atoms with van der Waals surface area (Å²) in [4.78, 5) is 32.7. The molecule has 10 nitrogen and oxygen atoms in total. The first kappa shape index (κ1) is 31.5. The molecule has 0 aliphatic rings. The number of hydrogen-bond donors (Lipinski definition) is 5. The number of hydrogen-bond acceptors (Lipinski definition) is 6. The molecule has 4 aromatic rings. The van der Waals surface area contributed by atoms with Crippen LogP contribution in [0.3, 0.4) is 0 Å². The van der Waals surface area contributed by atoms with Gasteiger partial charge in [-0.1, -0.05) is 63.0 Å². The molecule has 0 saturated carbocycles. The van der Waals surface area contributed by atoms with Crippen molar-refractivity contribution in [2.45, 2.75) is 39.0 Å². The number of sulfonamides is 1. The van der Waals surface area contributed by atoms with Gasteiger partial charge in [-0.2, -0.15) is 0 Å². The highest BCUT2D eigenvalue weighted by atomic mass is 35.5. The van der Waals surface area contributed by atoms with Crippen LogP contribution in [-0.2, 0) is 14.8 Å². The van der Waals surface area contributed by atoms with E-state index in [-0.39, 0.29) is 28.4 Å². The van der Waals surface area contributed by atoms with Gasteiger partial charge in [0.25, 0.3) is 5.91 Å². The van der Waals surface area contributed by atoms with Gasteiger partial charge in [0, 0.05) is 23.2 Å². The van der Waals surface area contributed by atoms with Crippen molar-refractivity contribution in [3.05, 3.63) is 76.3 Å². The molecule has 2 amide bonds. The average molecular weight is 633 g/mol. The van der Waals surface area contributed by atoms with E-state index in [1.807, 2.05) is 24.3 Å². The number of H-pyrrole nitrogens is 1. The van der Waals surface area contributed by atoms with Crippen LogP contribution >= 0.6 is 23.2 Å². The maximum atomic E-state index is 13.1. The Hall–Kier alpha value is -3.48. The van der Waals surface area contributed by atoms with Crippen LogP contribution < -0.4 is 15.5 Å². The van der Waals surface area contributed by atoms with E-state index >= 15 is 0 Å². The minimum atomic E-state index is -3.99. The van der Waals surface area contributed by atoms with Crippen molar-refractivity contribution >= 4 is 61.8 Å². The lowest BCUT2D eigenvalue weighted by molar-refractivity contribution is -0.139. The fourth-order valence-electron chi connectivity index (χ4n) is 4.77. The molecule has 4 rings (SSSR count). The van der Waals surface area contributed by atoms with Crippen LogP contribution in [0.25, 0.3) is 22.4 Å². The van der Waals surface area contributed by atoms with Crippen molar-refractivity contribution in [3.8, 4) is 11.4 Å². The molecule has 1 aromatic heterocycles. The standard InChI is InChI=1S/C29H31Cl2N5O5S/c1-28(2,15-29(3,4)27(38)36-39)16-32-42(40,41)18-10-11-19(22(31)14-18)26(37)33-17-9-12-21(30)20(13-17)25-34-23-7-5-6-8-24(23)35-25/h5-14,32,39H,15-16H2,1-4H3,(H,33,37)(H,34,35)(H,36,38). The van der Waals surface area contributed by atoms with Gasteiger partial charge in [-0.25, -0.2) is 23.6 Å². The van der Waals surface area contributed by atoms with E-state index in [9.17, 15) is 18.0 Å². The predicted octanol–water partition coefficient (Wildman–Crippen LogP) is 6.02. The van der Waals surface area contributed by atoms with Crippen LogP contribution in [0.2, 0.25) is 10.0 Å². The van der Waals surface area contributed by atoms with Crippen molar-refractivity contribution in [1.29, 1.82) is 0 Å². The Morgan fingerprint density at radius 1 is 0.976 bits per heavy atom. The molecular formula is C29H31Cl2N5O5S. The third-order valence-corrected chi connectivity index (χ3v) is 8.78. The van der Waals surface area contributed by atoms with E-state index in [0.29, 0.717) is 22.1 Å². The van der Waals surface area contributed by atoms with E-state index in [1.54, 1.807) is 51.4 Å². The Morgan fingerprint density at radius 2 is 1.69 bits per heavy atom. The van der Waals surface area contributed by atoms with Crippen LogP contribution in [-0.4, -0.2) is 42.0 Å². The summed E-state index contributed by atoms with van der Waals surface area (Å²) < 4.78 is 28.6. The molecule has 0 aliphatic heterocycles. The largest absolute Gasteiger partial charge is 0.338 e. The number of halogens is 2. The van der Waals surface area contributed by atoms with Gasteiger partial charge in [0.1, 0.15) is 5.82 Å². The van der Waals surface area contributed by atoms with Gasteiger partial charge < -0.3 is 10.3 Å². The predicted molar refractivity (Wildman–Crippen MR) is 163 cm³/mol. The van der Waals surface area contributed by atoms with Crippen LogP contribution in [0, 0.1) is 10.8 Å². The number of aromatic amines is 1. The first-order chi connectivity index (χ1) is 19.6. The summed E-state index contributed by atoms with van der Waals surface area (Å²) in [5.41, 5.74) is 2.80. The van der Waals surface area contributed by atoms with Gasteiger partial charge in [-0.05, 0) is 60.4 Å². The normalized spacial score (nSPS) is 12.4. The number of carbonyl (C=O) groups excluding carboxylic acids is 2. The summed E-state index contributed by atoms with van der Waals surface area (Å²) in [5, 5.41) is 12.1. The molecular weight excluding hydrogens is 601 g/mol. The molecule has 1 heterocycles. The van der Waals surface area contributed by atoms with Gasteiger partial charge in [0.05, 0.1) is 31.5 Å². The fraction of sp³-hybridized carbons (Fsp3) is 0.276. The molecule has 0 fully saturated rings. The van der Waals surface area contributed by atoms with Crippen LogP contribution in [0.1, 0.15) is 44.5 Å². The van der Waals surface area contributed by atoms with E-state index in [4.69, 9.17) is 28.4 Å². The monoisotopic (exact) mass is 631 g/mol. The van der Waals surface area contributed by atoms with Crippen molar-refractivity contribution in [2.75, 3.05) is 11.9 Å². The van der Waals surface area contributed by atoms with Crippen LogP contribution in [0.4, 0.5) is 5.69 Å². The zero-order valence-electron chi connectivity index (χ0n) is 23.4. The highest BCUT2D eigenvalue weighted by molar-refractivity contribution is 7.89. The van der Waals surface area contributed by atoms with Gasteiger partial charge >= 0.3 is 0 Å². The minimum Gasteiger partial charge on any atom is -0.338 e. The Bertz CT molecular complexity index is 1740. The number of nitrogens with one attached hydrogen (secondary N) is 4. The summed E-state index contributed by atoms with van der Waals surface area (Å²) >= 11 is 12.8. The minimum absolute atomic E-state index is 0.0153. The van der Waals surface area contributed by atoms with Crippen molar-refractivity contribution in [1.82, 2.24) is 20.2 Å². The Labute approximate surface area is 253 Å². The lowest BCUT2D eigenvalue weighted by Gasteiger charge is -2.33. The number of imidazole rings is 1. The Morgan fingerprint density at radius 3 is 2.36 bits per heavy atom. The first-order valence-electron chi connectivity index (χ1n) is 12.9. The SMILES string of the molecule is CC(C)(CNS(=O)(=O)c1ccc(C(=O)Nc2ccc(Cl)c(-c3nc4ccccc4[nH]3)c2)c(Cl)c1)CC(C)(C)C(=O)NO. The van der Waals surface area contributed by atoms with E-state index in [2.05, 4.69) is 20.0 Å². The molecule has 3 aromatic carbocycles. The van der Waals surface area contributed by atoms with E-state index in [0.717, 1.165) is 11.0 Å². The number of nitrogens with zero attached hydrogens (tertiary/aromatic N) is 1. The second-order valence-corrected chi connectivity index (χ2v) is 14.0. The number of amides is 2. The number of benzene rings is 3. The zero-order valence-corrected chi connectivity index (χ0v) is 25.7. The lowest BCUT2D eigenvalue weighted by atomic mass is 9.75. The summed E-state index contributed by atoms with van der Waals surface area (Å²) in [6.45, 7) is 6.93. The first-order valence-corrected chi connectivity index (χ1v) is 15.2. The number of anilines is 1. The molecule has 0 atom stereocenters. The van der Waals surface area contributed by atoms with Crippen molar-refractivity contribution in [2.24, 2.45) is 10.8 Å². The molecule has 13 heteroatoms. The molecule has 222 valence electrons. The number of carbonyl (C=O) groups is 2. The molecule has 0 unspecified atom stereocenters. The molecule has 0 aliphatic carbocycles. The summed E-state index contributed by atoms with van der Waals surface area (Å²) in [6.07, 6.45) is 0.289. The fourth-order valence-corrected chi connectivity index (χ4v) is 6.58. The number of fused-ring (bicyclic) bond motifs is 1. The Balaban J connectivity index is 1.47. The smallest absolute Gasteiger partial charge is 0.257 e. The van der Waals surface area contributed by atoms with E-state index < -0.39 is 32.7 Å². The summed E-state index contributed by atoms with van der Waals surface area (Å²) in [5.74, 6) is -0.565. The number of hydroxylamine groups is 1. The molecule has 5 N–H and O–H groups in total. The maximum absolute atomic E-state index is 13.1. The summed E-state index contributed by atoms with van der Waals surface area (Å²) in [7, 11) is -3.99. The second kappa shape index (κ2) is 12.0. The second-order valence-electron chi connectivity index (χ2n) is 11.4. The Kier molecular flexibility index (Phi) is 9.00. The number of para-hydroxylation sites is 2. The zero-order chi connectivity index (χ0) is 30.9. The lowest BCUT2D eigenvalue weighted by Crippen LogP contribution is -2.42. The molecule has 0 spiro atoms. The quantitative estimate of drug-likeness (QED) is 0.107. The summed E-state index contributed by atoms with van der Waals surface area (Å²) in [6, 6.07) is 16.3. The van der Waals surface area contributed by atoms with Crippen LogP contribution in [0.15, 0.2) is 65.6 Å². The van der Waals surface area contributed by atoms with Crippen LogP contribution in [0.5, 0.6) is 0 Å². The molecule has 0 bridgehead atoms. The van der Waals surface area contributed by atoms with Crippen molar-refractivity contribution in [3.63, 3.8) is 0 Å². The molecule has 0 saturated heterocycles. The third-order valence-electron chi connectivity index (χ3n) is 6.74. The van der Waals surface area contributed by atoms with E-state index in [1.165, 1.54) is 18.2 Å². The number of rotatable bonds is 10. The topological polar surface area (TPSA) is 153 Å². The maximum Gasteiger partial charge on any atom is 0.257 e.